The summed E-state index contributed by atoms with van der Waals surface area (Å²) in [7, 11) is 1.28. The van der Waals surface area contributed by atoms with E-state index >= 15 is 4.39 Å². The fourth-order valence-electron chi connectivity index (χ4n) is 4.87. The number of alkyl halides is 3. The molecule has 39 heavy (non-hydrogen) atoms. The second-order valence-electron chi connectivity index (χ2n) is 9.26. The van der Waals surface area contributed by atoms with Crippen molar-refractivity contribution in [2.45, 2.75) is 39.0 Å². The van der Waals surface area contributed by atoms with Gasteiger partial charge in [-0.05, 0) is 48.7 Å². The average Bonchev–Trinajstić information content (AvgIpc) is 2.90. The van der Waals surface area contributed by atoms with E-state index in [2.05, 4.69) is 0 Å². The zero-order valence-electron chi connectivity index (χ0n) is 21.6. The van der Waals surface area contributed by atoms with Gasteiger partial charge in [-0.15, -0.1) is 0 Å². The van der Waals surface area contributed by atoms with E-state index in [-0.39, 0.29) is 34.5 Å². The highest BCUT2D eigenvalue weighted by Gasteiger charge is 2.35. The number of ether oxygens (including phenoxy) is 1. The molecule has 0 fully saturated rings. The number of aromatic nitrogens is 1. The molecule has 0 amide bonds. The maximum atomic E-state index is 15.4. The smallest absolute Gasteiger partial charge is 0.416 e. The molecule has 4 nitrogen and oxygen atoms in total. The first-order chi connectivity index (χ1) is 18.5. The van der Waals surface area contributed by atoms with Gasteiger partial charge in [-0.1, -0.05) is 48.5 Å². The van der Waals surface area contributed by atoms with Crippen LogP contribution in [0.1, 0.15) is 39.6 Å². The summed E-state index contributed by atoms with van der Waals surface area (Å²) < 4.78 is 78.1. The third-order valence-electron chi connectivity index (χ3n) is 6.97. The number of pyridine rings is 1. The van der Waals surface area contributed by atoms with Gasteiger partial charge in [0.05, 0.1) is 18.2 Å². The maximum Gasteiger partial charge on any atom is 0.416 e. The predicted octanol–water partition coefficient (Wildman–Crippen LogP) is 6.73. The summed E-state index contributed by atoms with van der Waals surface area (Å²) in [5.74, 6) is -1.93. The summed E-state index contributed by atoms with van der Waals surface area (Å²) >= 11 is 0. The Kier molecular flexibility index (Phi) is 7.92. The van der Waals surface area contributed by atoms with Gasteiger partial charge >= 0.3 is 6.18 Å². The lowest BCUT2D eigenvalue weighted by Gasteiger charge is -2.24. The third kappa shape index (κ3) is 5.45. The Morgan fingerprint density at radius 1 is 0.923 bits per heavy atom. The van der Waals surface area contributed by atoms with E-state index in [0.717, 1.165) is 23.8 Å². The Morgan fingerprint density at radius 2 is 1.59 bits per heavy atom. The molecule has 0 bridgehead atoms. The van der Waals surface area contributed by atoms with Crippen molar-refractivity contribution in [3.05, 3.63) is 122 Å². The van der Waals surface area contributed by atoms with Gasteiger partial charge in [-0.2, -0.15) is 13.2 Å². The summed E-state index contributed by atoms with van der Waals surface area (Å²) in [6.45, 7) is 3.05. The maximum absolute atomic E-state index is 15.4. The van der Waals surface area contributed by atoms with Crippen LogP contribution in [0.15, 0.2) is 71.5 Å². The lowest BCUT2D eigenvalue weighted by Crippen LogP contribution is -2.32. The average molecular weight is 543 g/mol. The molecular formula is C30H27F5N2O2. The minimum atomic E-state index is -4.80. The minimum absolute atomic E-state index is 0.0378. The van der Waals surface area contributed by atoms with Gasteiger partial charge in [-0.3, -0.25) is 4.79 Å². The highest BCUT2D eigenvalue weighted by molar-refractivity contribution is 5.70. The molecule has 0 aliphatic rings. The molecule has 0 aliphatic carbocycles. The van der Waals surface area contributed by atoms with E-state index in [1.165, 1.54) is 36.8 Å². The number of rotatable bonds is 7. The van der Waals surface area contributed by atoms with E-state index in [9.17, 15) is 22.4 Å². The second kappa shape index (κ2) is 11.0. The molecule has 1 unspecified atom stereocenters. The first-order valence-corrected chi connectivity index (χ1v) is 12.2. The highest BCUT2D eigenvalue weighted by Crippen LogP contribution is 2.37. The predicted molar refractivity (Wildman–Crippen MR) is 140 cm³/mol. The zero-order valence-corrected chi connectivity index (χ0v) is 21.6. The largest absolute Gasteiger partial charge is 0.494 e. The van der Waals surface area contributed by atoms with Gasteiger partial charge < -0.3 is 15.0 Å². The van der Waals surface area contributed by atoms with E-state index in [4.69, 9.17) is 10.5 Å². The van der Waals surface area contributed by atoms with Crippen molar-refractivity contribution in [3.8, 4) is 16.9 Å². The van der Waals surface area contributed by atoms with Gasteiger partial charge in [0, 0.05) is 35.8 Å². The number of nitrogens with two attached hydrogens (primary N) is 1. The molecule has 0 radical (unpaired) electrons. The molecule has 3 aromatic carbocycles. The van der Waals surface area contributed by atoms with E-state index in [1.54, 1.807) is 31.2 Å². The summed E-state index contributed by atoms with van der Waals surface area (Å²) in [4.78, 5) is 13.9. The quantitative estimate of drug-likeness (QED) is 0.264. The van der Waals surface area contributed by atoms with E-state index < -0.39 is 47.0 Å². The van der Waals surface area contributed by atoms with E-state index in [1.807, 2.05) is 6.07 Å². The molecule has 0 aliphatic heterocycles. The molecule has 9 heteroatoms. The third-order valence-corrected chi connectivity index (χ3v) is 6.97. The molecule has 2 N–H and O–H groups in total. The normalized spacial score (nSPS) is 12.4. The van der Waals surface area contributed by atoms with Gasteiger partial charge in [0.15, 0.2) is 11.6 Å². The lowest BCUT2D eigenvalue weighted by molar-refractivity contribution is -0.138. The highest BCUT2D eigenvalue weighted by atomic mass is 19.4. The van der Waals surface area contributed by atoms with Crippen molar-refractivity contribution in [3.63, 3.8) is 0 Å². The van der Waals surface area contributed by atoms with Crippen LogP contribution in [-0.4, -0.2) is 11.7 Å². The topological polar surface area (TPSA) is 57.2 Å². The van der Waals surface area contributed by atoms with Crippen LogP contribution in [0, 0.1) is 25.5 Å². The van der Waals surface area contributed by atoms with Gasteiger partial charge in [0.2, 0.25) is 0 Å². The van der Waals surface area contributed by atoms with Crippen LogP contribution in [0.5, 0.6) is 5.75 Å². The molecule has 204 valence electrons. The minimum Gasteiger partial charge on any atom is -0.494 e. The van der Waals surface area contributed by atoms with Crippen LogP contribution in [0.3, 0.4) is 0 Å². The molecular weight excluding hydrogens is 515 g/mol. The van der Waals surface area contributed by atoms with Crippen LogP contribution >= 0.6 is 0 Å². The summed E-state index contributed by atoms with van der Waals surface area (Å²) in [6, 6.07) is 15.4. The number of halogens is 5. The Hall–Kier alpha value is -3.98. The van der Waals surface area contributed by atoms with Gasteiger partial charge in [0.25, 0.3) is 5.56 Å². The lowest BCUT2D eigenvalue weighted by atomic mass is 9.90. The number of benzene rings is 3. The molecule has 0 saturated heterocycles. The first-order valence-electron chi connectivity index (χ1n) is 12.2. The van der Waals surface area contributed by atoms with Crippen LogP contribution in [0.4, 0.5) is 22.0 Å². The zero-order chi connectivity index (χ0) is 28.5. The van der Waals surface area contributed by atoms with Crippen LogP contribution in [-0.2, 0) is 19.1 Å². The fraction of sp³-hybridized carbons (Fsp3) is 0.233. The number of methoxy groups -OCH3 is 1. The van der Waals surface area contributed by atoms with Crippen molar-refractivity contribution in [1.29, 1.82) is 0 Å². The molecule has 0 saturated carbocycles. The van der Waals surface area contributed by atoms with Crippen molar-refractivity contribution >= 4 is 0 Å². The number of hydrogen-bond donors (Lipinski definition) is 1. The number of nitrogens with zero attached hydrogens (tertiary/aromatic N) is 1. The summed E-state index contributed by atoms with van der Waals surface area (Å²) in [6.07, 6.45) is -5.27. The Labute approximate surface area is 222 Å². The number of hydrogen-bond acceptors (Lipinski definition) is 3. The second-order valence-corrected chi connectivity index (χ2v) is 9.26. The molecule has 0 spiro atoms. The monoisotopic (exact) mass is 542 g/mol. The Balaban J connectivity index is 1.99. The standard InChI is InChI=1S/C30H27F5N2O2/c1-17-21(15-22-23(30(33,34)35)12-8-13-24(22)31)18(2)37(16-25(36)19-9-5-4-6-10-19)29(38)27(17)20-11-7-14-26(39-3)28(20)32/h4-14,25H,15-16,36H2,1-3H3. The SMILES string of the molecule is COc1cccc(-c2c(C)c(Cc3c(F)cccc3C(F)(F)F)c(C)n(CC(N)c3ccccc3)c2=O)c1F. The van der Waals surface area contributed by atoms with Crippen LogP contribution < -0.4 is 16.0 Å². The molecule has 1 atom stereocenters. The first kappa shape index (κ1) is 28.0. The summed E-state index contributed by atoms with van der Waals surface area (Å²) in [5, 5.41) is 0. The van der Waals surface area contributed by atoms with Crippen LogP contribution in [0.25, 0.3) is 11.1 Å². The summed E-state index contributed by atoms with van der Waals surface area (Å²) in [5.41, 5.74) is 5.57. The van der Waals surface area contributed by atoms with Gasteiger partial charge in [0.1, 0.15) is 5.82 Å². The van der Waals surface area contributed by atoms with Crippen molar-refractivity contribution in [2.24, 2.45) is 5.73 Å². The fourth-order valence-corrected chi connectivity index (χ4v) is 4.87. The molecule has 4 aromatic rings. The molecule has 4 rings (SSSR count). The molecule has 1 aromatic heterocycles. The Bertz CT molecular complexity index is 1560. The van der Waals surface area contributed by atoms with Crippen molar-refractivity contribution in [1.82, 2.24) is 4.57 Å². The van der Waals surface area contributed by atoms with Crippen LogP contribution in [0.2, 0.25) is 0 Å². The van der Waals surface area contributed by atoms with Crippen molar-refractivity contribution in [2.75, 3.05) is 7.11 Å². The molecule has 1 heterocycles. The van der Waals surface area contributed by atoms with Crippen molar-refractivity contribution < 1.29 is 26.7 Å². The Morgan fingerprint density at radius 3 is 2.23 bits per heavy atom. The van der Waals surface area contributed by atoms with Gasteiger partial charge in [-0.25, -0.2) is 8.78 Å². The van der Waals surface area contributed by atoms with E-state index in [0.29, 0.717) is 5.69 Å².